The quantitative estimate of drug-likeness (QED) is 0.821. The molecule has 1 aromatic carbocycles. The van der Waals surface area contributed by atoms with Crippen LogP contribution >= 0.6 is 0 Å². The SMILES string of the molecule is COc1ccc(CCN(C)C2CNC2)cc1OC. The Morgan fingerprint density at radius 2 is 1.94 bits per heavy atom. The van der Waals surface area contributed by atoms with E-state index in [-0.39, 0.29) is 0 Å². The molecule has 0 spiro atoms. The Balaban J connectivity index is 1.92. The number of hydrogen-bond donors (Lipinski definition) is 1. The summed E-state index contributed by atoms with van der Waals surface area (Å²) in [5.41, 5.74) is 1.28. The van der Waals surface area contributed by atoms with Gasteiger partial charge in [0, 0.05) is 25.7 Å². The number of ether oxygens (including phenoxy) is 2. The smallest absolute Gasteiger partial charge is 0.160 e. The van der Waals surface area contributed by atoms with Gasteiger partial charge in [0.2, 0.25) is 0 Å². The van der Waals surface area contributed by atoms with E-state index in [0.717, 1.165) is 37.6 Å². The minimum absolute atomic E-state index is 0.699. The maximum atomic E-state index is 5.31. The van der Waals surface area contributed by atoms with E-state index in [9.17, 15) is 0 Å². The highest BCUT2D eigenvalue weighted by molar-refractivity contribution is 5.42. The third kappa shape index (κ3) is 2.94. The topological polar surface area (TPSA) is 33.7 Å². The summed E-state index contributed by atoms with van der Waals surface area (Å²) in [5.74, 6) is 1.60. The highest BCUT2D eigenvalue weighted by Crippen LogP contribution is 2.27. The van der Waals surface area contributed by atoms with Crippen LogP contribution < -0.4 is 14.8 Å². The van der Waals surface area contributed by atoms with Gasteiger partial charge in [0.25, 0.3) is 0 Å². The lowest BCUT2D eigenvalue weighted by atomic mass is 10.1. The number of benzene rings is 1. The summed E-state index contributed by atoms with van der Waals surface area (Å²) in [6, 6.07) is 6.84. The number of hydrogen-bond acceptors (Lipinski definition) is 4. The molecule has 4 nitrogen and oxygen atoms in total. The van der Waals surface area contributed by atoms with Crippen molar-refractivity contribution in [1.82, 2.24) is 10.2 Å². The molecule has 1 aromatic rings. The normalized spacial score (nSPS) is 15.6. The summed E-state index contributed by atoms with van der Waals surface area (Å²) >= 11 is 0. The molecule has 1 saturated heterocycles. The van der Waals surface area contributed by atoms with Crippen molar-refractivity contribution in [3.63, 3.8) is 0 Å². The van der Waals surface area contributed by atoms with Gasteiger partial charge in [0.05, 0.1) is 14.2 Å². The van der Waals surface area contributed by atoms with Crippen LogP contribution in [0.5, 0.6) is 11.5 Å². The fourth-order valence-electron chi connectivity index (χ4n) is 2.11. The molecule has 100 valence electrons. The minimum Gasteiger partial charge on any atom is -0.493 e. The van der Waals surface area contributed by atoms with Crippen LogP contribution in [0.25, 0.3) is 0 Å². The first-order valence-electron chi connectivity index (χ1n) is 6.36. The highest BCUT2D eigenvalue weighted by atomic mass is 16.5. The van der Waals surface area contributed by atoms with Crippen molar-refractivity contribution in [1.29, 1.82) is 0 Å². The van der Waals surface area contributed by atoms with E-state index in [0.29, 0.717) is 6.04 Å². The largest absolute Gasteiger partial charge is 0.493 e. The highest BCUT2D eigenvalue weighted by Gasteiger charge is 2.20. The van der Waals surface area contributed by atoms with E-state index < -0.39 is 0 Å². The lowest BCUT2D eigenvalue weighted by Crippen LogP contribution is -2.56. The third-order valence-electron chi connectivity index (χ3n) is 3.58. The van der Waals surface area contributed by atoms with Gasteiger partial charge >= 0.3 is 0 Å². The van der Waals surface area contributed by atoms with Gasteiger partial charge in [-0.3, -0.25) is 0 Å². The molecule has 0 amide bonds. The Kier molecular flexibility index (Phi) is 4.44. The fourth-order valence-corrected chi connectivity index (χ4v) is 2.11. The first-order chi connectivity index (χ1) is 8.74. The molecule has 0 saturated carbocycles. The number of likely N-dealkylation sites (N-methyl/N-ethyl adjacent to an activating group) is 1. The molecule has 0 aromatic heterocycles. The first kappa shape index (κ1) is 13.2. The van der Waals surface area contributed by atoms with Crippen molar-refractivity contribution >= 4 is 0 Å². The van der Waals surface area contributed by atoms with Crippen LogP contribution in [0.4, 0.5) is 0 Å². The molecule has 0 unspecified atom stereocenters. The molecule has 4 heteroatoms. The number of nitrogens with one attached hydrogen (secondary N) is 1. The Morgan fingerprint density at radius 3 is 2.50 bits per heavy atom. The van der Waals surface area contributed by atoms with Gasteiger partial charge in [-0.1, -0.05) is 6.07 Å². The van der Waals surface area contributed by atoms with Crippen LogP contribution in [-0.4, -0.2) is 51.8 Å². The van der Waals surface area contributed by atoms with E-state index in [1.165, 1.54) is 5.56 Å². The predicted octanol–water partition coefficient (Wildman–Crippen LogP) is 1.15. The Hall–Kier alpha value is -1.26. The fraction of sp³-hybridized carbons (Fsp3) is 0.571. The minimum atomic E-state index is 0.699. The van der Waals surface area contributed by atoms with E-state index in [1.807, 2.05) is 6.07 Å². The monoisotopic (exact) mass is 250 g/mol. The molecule has 1 aliphatic heterocycles. The van der Waals surface area contributed by atoms with Crippen LogP contribution in [0.1, 0.15) is 5.56 Å². The second-order valence-electron chi connectivity index (χ2n) is 4.73. The van der Waals surface area contributed by atoms with Gasteiger partial charge in [-0.05, 0) is 31.2 Å². The zero-order chi connectivity index (χ0) is 13.0. The second kappa shape index (κ2) is 6.07. The zero-order valence-corrected chi connectivity index (χ0v) is 11.4. The molecular formula is C14H22N2O2. The summed E-state index contributed by atoms with van der Waals surface area (Å²) in [6.07, 6.45) is 1.04. The molecule has 1 N–H and O–H groups in total. The van der Waals surface area contributed by atoms with E-state index in [4.69, 9.17) is 9.47 Å². The molecule has 0 atom stereocenters. The van der Waals surface area contributed by atoms with E-state index in [2.05, 4.69) is 29.4 Å². The van der Waals surface area contributed by atoms with Gasteiger partial charge in [0.15, 0.2) is 11.5 Å². The van der Waals surface area contributed by atoms with Crippen molar-refractivity contribution in [2.75, 3.05) is 40.9 Å². The van der Waals surface area contributed by atoms with Crippen molar-refractivity contribution in [3.05, 3.63) is 23.8 Å². The van der Waals surface area contributed by atoms with E-state index in [1.54, 1.807) is 14.2 Å². The third-order valence-corrected chi connectivity index (χ3v) is 3.58. The maximum Gasteiger partial charge on any atom is 0.160 e. The van der Waals surface area contributed by atoms with Crippen molar-refractivity contribution in [2.24, 2.45) is 0 Å². The lowest BCUT2D eigenvalue weighted by molar-refractivity contribution is 0.182. The van der Waals surface area contributed by atoms with Crippen LogP contribution in [0.3, 0.4) is 0 Å². The Morgan fingerprint density at radius 1 is 1.22 bits per heavy atom. The van der Waals surface area contributed by atoms with Crippen molar-refractivity contribution in [2.45, 2.75) is 12.5 Å². The summed E-state index contributed by atoms with van der Waals surface area (Å²) in [7, 11) is 5.52. The van der Waals surface area contributed by atoms with Gasteiger partial charge in [0.1, 0.15) is 0 Å². The average Bonchev–Trinajstić information content (AvgIpc) is 2.33. The molecular weight excluding hydrogens is 228 g/mol. The molecule has 0 aliphatic carbocycles. The lowest BCUT2D eigenvalue weighted by Gasteiger charge is -2.35. The van der Waals surface area contributed by atoms with Crippen molar-refractivity contribution in [3.8, 4) is 11.5 Å². The summed E-state index contributed by atoms with van der Waals surface area (Å²) < 4.78 is 10.6. The molecule has 1 aliphatic rings. The average molecular weight is 250 g/mol. The Bertz CT molecular complexity index is 391. The zero-order valence-electron chi connectivity index (χ0n) is 11.4. The predicted molar refractivity (Wildman–Crippen MR) is 72.5 cm³/mol. The van der Waals surface area contributed by atoms with Crippen LogP contribution in [0.15, 0.2) is 18.2 Å². The summed E-state index contributed by atoms with van der Waals surface area (Å²) in [4.78, 5) is 2.41. The molecule has 0 radical (unpaired) electrons. The number of methoxy groups -OCH3 is 2. The van der Waals surface area contributed by atoms with Crippen LogP contribution in [0.2, 0.25) is 0 Å². The van der Waals surface area contributed by atoms with E-state index >= 15 is 0 Å². The maximum absolute atomic E-state index is 5.31. The molecule has 0 bridgehead atoms. The summed E-state index contributed by atoms with van der Waals surface area (Å²) in [5, 5.41) is 3.30. The molecule has 1 fully saturated rings. The Labute approximate surface area is 109 Å². The van der Waals surface area contributed by atoms with Crippen molar-refractivity contribution < 1.29 is 9.47 Å². The molecule has 18 heavy (non-hydrogen) atoms. The van der Waals surface area contributed by atoms with Crippen LogP contribution in [0, 0.1) is 0 Å². The molecule has 1 heterocycles. The first-order valence-corrected chi connectivity index (χ1v) is 6.36. The van der Waals surface area contributed by atoms with Gasteiger partial charge in [-0.2, -0.15) is 0 Å². The number of rotatable bonds is 6. The number of nitrogens with zero attached hydrogens (tertiary/aromatic N) is 1. The van der Waals surface area contributed by atoms with Gasteiger partial charge < -0.3 is 19.7 Å². The standard InChI is InChI=1S/C14H22N2O2/c1-16(12-9-15-10-12)7-6-11-4-5-13(17-2)14(8-11)18-3/h4-5,8,12,15H,6-7,9-10H2,1-3H3. The molecule has 2 rings (SSSR count). The summed E-state index contributed by atoms with van der Waals surface area (Å²) in [6.45, 7) is 3.30. The van der Waals surface area contributed by atoms with Gasteiger partial charge in [-0.25, -0.2) is 0 Å². The second-order valence-corrected chi connectivity index (χ2v) is 4.73. The van der Waals surface area contributed by atoms with Gasteiger partial charge in [-0.15, -0.1) is 0 Å². The van der Waals surface area contributed by atoms with Crippen LogP contribution in [-0.2, 0) is 6.42 Å².